The van der Waals surface area contributed by atoms with Crippen molar-refractivity contribution in [1.82, 2.24) is 15.3 Å². The number of nitriles is 2. The molecule has 166 valence electrons. The smallest absolute Gasteiger partial charge is 0.408 e. The molecule has 0 aliphatic carbocycles. The number of esters is 1. The third-order valence-electron chi connectivity index (χ3n) is 3.62. The van der Waals surface area contributed by atoms with Crippen LogP contribution in [0.2, 0.25) is 0 Å². The molecule has 0 aromatic carbocycles. The molecule has 1 atom stereocenters. The minimum Gasteiger partial charge on any atom is -0.449 e. The number of hydrogen-bond acceptors (Lipinski definition) is 10. The van der Waals surface area contributed by atoms with Crippen molar-refractivity contribution < 1.29 is 24.0 Å². The molecule has 1 amide bonds. The van der Waals surface area contributed by atoms with Crippen LogP contribution in [-0.2, 0) is 20.7 Å². The summed E-state index contributed by atoms with van der Waals surface area (Å²) in [6.07, 6.45) is 3.87. The number of amides is 1. The number of thiazole rings is 1. The van der Waals surface area contributed by atoms with Crippen LogP contribution in [-0.4, -0.2) is 40.3 Å². The van der Waals surface area contributed by atoms with E-state index in [2.05, 4.69) is 20.3 Å². The molecule has 0 aliphatic rings. The molecule has 2 aromatic rings. The second-order valence-corrected chi connectivity index (χ2v) is 8.34. The van der Waals surface area contributed by atoms with Crippen LogP contribution in [0.5, 0.6) is 0 Å². The molecule has 0 fully saturated rings. The van der Waals surface area contributed by atoms with Gasteiger partial charge in [-0.2, -0.15) is 10.5 Å². The lowest BCUT2D eigenvalue weighted by atomic mass is 10.2. The largest absolute Gasteiger partial charge is 0.449 e. The van der Waals surface area contributed by atoms with Gasteiger partial charge in [0.25, 0.3) is 0 Å². The molecule has 0 radical (unpaired) electrons. The summed E-state index contributed by atoms with van der Waals surface area (Å²) in [7, 11) is 0. The Kier molecular flexibility index (Phi) is 8.21. The number of aromatic amines is 1. The van der Waals surface area contributed by atoms with Gasteiger partial charge in [-0.3, -0.25) is 0 Å². The van der Waals surface area contributed by atoms with Gasteiger partial charge in [-0.1, -0.05) is 0 Å². The first kappa shape index (κ1) is 24.2. The minimum atomic E-state index is -1.08. The molecule has 0 unspecified atom stereocenters. The number of H-pyrrole nitrogens is 1. The highest BCUT2D eigenvalue weighted by Gasteiger charge is 2.27. The van der Waals surface area contributed by atoms with Gasteiger partial charge in [0.05, 0.1) is 22.3 Å². The number of rotatable bonds is 7. The van der Waals surface area contributed by atoms with E-state index in [1.807, 2.05) is 0 Å². The van der Waals surface area contributed by atoms with Crippen molar-refractivity contribution in [3.05, 3.63) is 34.3 Å². The molecule has 2 aromatic heterocycles. The summed E-state index contributed by atoms with van der Waals surface area (Å²) in [5, 5.41) is 22.2. The number of ether oxygens (including phenoxy) is 2. The summed E-state index contributed by atoms with van der Waals surface area (Å²) in [6, 6.07) is 2.44. The minimum absolute atomic E-state index is 0.0178. The molecule has 2 heterocycles. The van der Waals surface area contributed by atoms with E-state index in [-0.39, 0.29) is 12.1 Å². The average Bonchev–Trinajstić information content (AvgIpc) is 3.19. The molecule has 0 saturated carbocycles. The average molecular weight is 457 g/mol. The Bertz CT molecular complexity index is 1080. The standard InChI is InChI=1S/C20H21N7O4S/c1-20(2,3)31-19(29)27-14(18(28)30-5-4-21)7-17-26-15(11-32-17)12-9-24-16(25-10-12)6-13(23)8-22/h6,9-11,14H,5,7,23H2,1-3H3,(H,27,29)/p+1/t14-/m0/s1. The number of carbonyl (C=O) groups is 2. The highest BCUT2D eigenvalue weighted by atomic mass is 32.1. The van der Waals surface area contributed by atoms with Gasteiger partial charge in [0, 0.05) is 11.8 Å². The van der Waals surface area contributed by atoms with Gasteiger partial charge in [0.15, 0.2) is 12.8 Å². The fourth-order valence-corrected chi connectivity index (χ4v) is 3.17. The Morgan fingerprint density at radius 2 is 2.16 bits per heavy atom. The maximum atomic E-state index is 12.3. The zero-order valence-corrected chi connectivity index (χ0v) is 18.5. The van der Waals surface area contributed by atoms with Gasteiger partial charge < -0.3 is 20.5 Å². The summed E-state index contributed by atoms with van der Waals surface area (Å²) >= 11 is 1.28. The second kappa shape index (κ2) is 10.8. The Hall–Kier alpha value is -4.03. The Morgan fingerprint density at radius 3 is 2.75 bits per heavy atom. The van der Waals surface area contributed by atoms with E-state index in [9.17, 15) is 9.59 Å². The molecule has 12 heteroatoms. The molecule has 0 aliphatic heterocycles. The lowest BCUT2D eigenvalue weighted by molar-refractivity contribution is -0.385. The number of aromatic nitrogens is 3. The van der Waals surface area contributed by atoms with Gasteiger partial charge in [-0.25, -0.2) is 19.6 Å². The van der Waals surface area contributed by atoms with Gasteiger partial charge in [0.2, 0.25) is 0 Å². The summed E-state index contributed by atoms with van der Waals surface area (Å²) in [5.41, 5.74) is 6.00. The van der Waals surface area contributed by atoms with Crippen molar-refractivity contribution in [3.63, 3.8) is 0 Å². The van der Waals surface area contributed by atoms with Crippen molar-refractivity contribution in [2.24, 2.45) is 5.73 Å². The number of alkyl carbamates (subject to hydrolysis) is 1. The molecule has 4 N–H and O–H groups in total. The first-order valence-electron chi connectivity index (χ1n) is 9.34. The third-order valence-corrected chi connectivity index (χ3v) is 4.49. The fraction of sp³-hybridized carbons (Fsp3) is 0.350. The van der Waals surface area contributed by atoms with Gasteiger partial charge >= 0.3 is 17.9 Å². The monoisotopic (exact) mass is 456 g/mol. The molecule has 0 spiro atoms. The Balaban J connectivity index is 2.15. The van der Waals surface area contributed by atoms with Crippen molar-refractivity contribution in [2.45, 2.75) is 38.8 Å². The highest BCUT2D eigenvalue weighted by molar-refractivity contribution is 7.10. The van der Waals surface area contributed by atoms with Crippen LogP contribution < -0.4 is 16.0 Å². The molecular weight excluding hydrogens is 434 g/mol. The van der Waals surface area contributed by atoms with Crippen LogP contribution in [0.15, 0.2) is 23.5 Å². The van der Waals surface area contributed by atoms with Crippen LogP contribution in [0.3, 0.4) is 0 Å². The summed E-state index contributed by atoms with van der Waals surface area (Å²) in [6.45, 7) is 4.66. The van der Waals surface area contributed by atoms with E-state index in [1.165, 1.54) is 17.4 Å². The molecule has 2 rings (SSSR count). The summed E-state index contributed by atoms with van der Waals surface area (Å²) in [4.78, 5) is 36.0. The van der Waals surface area contributed by atoms with Gasteiger partial charge in [0.1, 0.15) is 35.7 Å². The second-order valence-electron chi connectivity index (χ2n) is 7.39. The van der Waals surface area contributed by atoms with Gasteiger partial charge in [-0.15, -0.1) is 11.3 Å². The maximum Gasteiger partial charge on any atom is 0.408 e. The van der Waals surface area contributed by atoms with E-state index < -0.39 is 30.3 Å². The Morgan fingerprint density at radius 1 is 1.41 bits per heavy atom. The lowest BCUT2D eigenvalue weighted by Crippen LogP contribution is -2.45. The summed E-state index contributed by atoms with van der Waals surface area (Å²) < 4.78 is 10.1. The number of nitrogens with two attached hydrogens (primary N) is 1. The first-order valence-corrected chi connectivity index (χ1v) is 10.2. The van der Waals surface area contributed by atoms with Crippen molar-refractivity contribution in [3.8, 4) is 23.4 Å². The molecule has 0 saturated heterocycles. The van der Waals surface area contributed by atoms with E-state index in [0.717, 1.165) is 0 Å². The van der Waals surface area contributed by atoms with Crippen LogP contribution in [0.1, 0.15) is 31.6 Å². The van der Waals surface area contributed by atoms with E-state index in [4.69, 9.17) is 25.7 Å². The molecular formula is C20H22N7O4S+. The van der Waals surface area contributed by atoms with E-state index in [1.54, 1.807) is 50.7 Å². The van der Waals surface area contributed by atoms with E-state index in [0.29, 0.717) is 22.1 Å². The van der Waals surface area contributed by atoms with Crippen molar-refractivity contribution in [1.29, 1.82) is 10.5 Å². The van der Waals surface area contributed by atoms with Gasteiger partial charge in [-0.05, 0) is 25.8 Å². The number of allylic oxidation sites excluding steroid dienone is 1. The number of hydrogen-bond donors (Lipinski definition) is 2. The number of carbonyl (C=O) groups excluding carboxylic acids is 2. The third kappa shape index (κ3) is 7.66. The fourth-order valence-electron chi connectivity index (χ4n) is 2.32. The van der Waals surface area contributed by atoms with E-state index >= 15 is 0 Å². The SMILES string of the molecule is CC(C)(C)OC(=O)N[C@@H](Cc1nc(-c2cnc(C=C(N)C#N)[nH+]c2)cs1)C(=O)OCC#N. The highest BCUT2D eigenvalue weighted by Crippen LogP contribution is 2.21. The van der Waals surface area contributed by atoms with Crippen LogP contribution in [0.4, 0.5) is 4.79 Å². The predicted octanol–water partition coefficient (Wildman–Crippen LogP) is 1.34. The predicted molar refractivity (Wildman–Crippen MR) is 113 cm³/mol. The number of nitrogens with zero attached hydrogens (tertiary/aromatic N) is 4. The molecule has 32 heavy (non-hydrogen) atoms. The lowest BCUT2D eigenvalue weighted by Gasteiger charge is -2.22. The topological polar surface area (TPSA) is 178 Å². The zero-order chi connectivity index (χ0) is 23.7. The normalized spacial score (nSPS) is 12.2. The maximum absolute atomic E-state index is 12.3. The van der Waals surface area contributed by atoms with Crippen molar-refractivity contribution in [2.75, 3.05) is 6.61 Å². The van der Waals surface area contributed by atoms with Crippen LogP contribution >= 0.6 is 11.3 Å². The quantitative estimate of drug-likeness (QED) is 0.459. The molecule has 11 nitrogen and oxygen atoms in total. The van der Waals surface area contributed by atoms with Crippen LogP contribution in [0.25, 0.3) is 17.3 Å². The molecule has 0 bridgehead atoms. The zero-order valence-electron chi connectivity index (χ0n) is 17.7. The number of nitrogens with one attached hydrogen (secondary N) is 2. The summed E-state index contributed by atoms with van der Waals surface area (Å²) in [5.74, 6) is -0.361. The van der Waals surface area contributed by atoms with Crippen molar-refractivity contribution >= 4 is 29.5 Å². The first-order chi connectivity index (χ1) is 15.1. The van der Waals surface area contributed by atoms with Crippen LogP contribution in [0, 0.1) is 22.7 Å². The Labute approximate surface area is 188 Å².